The Morgan fingerprint density at radius 1 is 1.19 bits per heavy atom. The van der Waals surface area contributed by atoms with Crippen molar-refractivity contribution >= 4 is 28.1 Å². The molecule has 0 fully saturated rings. The molecule has 0 atom stereocenters. The number of methoxy groups -OCH3 is 1. The molecule has 0 unspecified atom stereocenters. The summed E-state index contributed by atoms with van der Waals surface area (Å²) in [4.78, 5) is 15.4. The number of aromatic nitrogens is 2. The average molecular weight is 366 g/mol. The largest absolute Gasteiger partial charge is 0.497 e. The lowest BCUT2D eigenvalue weighted by atomic mass is 9.91. The van der Waals surface area contributed by atoms with Gasteiger partial charge in [0.1, 0.15) is 5.75 Å². The predicted octanol–water partition coefficient (Wildman–Crippen LogP) is 5.08. The molecule has 0 bridgehead atoms. The smallest absolute Gasteiger partial charge is 0.269 e. The zero-order valence-corrected chi connectivity index (χ0v) is 16.1. The first-order chi connectivity index (χ1) is 12.7. The molecular weight excluding hydrogens is 344 g/mol. The summed E-state index contributed by atoms with van der Waals surface area (Å²) in [6.45, 7) is 8.28. The number of fused-ring (bicyclic) bond motifs is 1. The topological polar surface area (TPSA) is 82.5 Å². The Labute approximate surface area is 157 Å². The first-order valence-electron chi connectivity index (χ1n) is 8.58. The third-order valence-corrected chi connectivity index (χ3v) is 4.52. The lowest BCUT2D eigenvalue weighted by Crippen LogP contribution is -2.16. The average Bonchev–Trinajstić information content (AvgIpc) is 2.98. The van der Waals surface area contributed by atoms with E-state index in [9.17, 15) is 10.1 Å². The van der Waals surface area contributed by atoms with Crippen molar-refractivity contribution in [2.45, 2.75) is 27.7 Å². The van der Waals surface area contributed by atoms with Gasteiger partial charge in [-0.15, -0.1) is 0 Å². The molecule has 0 aliphatic heterocycles. The maximum absolute atomic E-state index is 10.9. The van der Waals surface area contributed by atoms with Crippen LogP contribution in [-0.2, 0) is 0 Å². The van der Waals surface area contributed by atoms with Crippen LogP contribution in [0, 0.1) is 15.5 Å². The zero-order chi connectivity index (χ0) is 19.8. The molecule has 3 rings (SSSR count). The molecule has 3 aromatic rings. The molecule has 1 aromatic heterocycles. The van der Waals surface area contributed by atoms with Crippen LogP contribution in [0.5, 0.6) is 5.75 Å². The number of nitrogens with zero attached hydrogens (tertiary/aromatic N) is 4. The fraction of sp³-hybridized carbons (Fsp3) is 0.300. The number of ether oxygens (including phenoxy) is 1. The van der Waals surface area contributed by atoms with Crippen LogP contribution in [-0.4, -0.2) is 27.5 Å². The summed E-state index contributed by atoms with van der Waals surface area (Å²) in [5.41, 5.74) is 2.37. The molecule has 0 amide bonds. The maximum Gasteiger partial charge on any atom is 0.269 e. The first-order valence-corrected chi connectivity index (χ1v) is 8.58. The molecule has 0 aliphatic carbocycles. The summed E-state index contributed by atoms with van der Waals surface area (Å²) in [5, 5.41) is 16.4. The molecule has 0 spiro atoms. The van der Waals surface area contributed by atoms with Crippen molar-refractivity contribution in [2.75, 3.05) is 7.11 Å². The minimum atomic E-state index is -0.420. The van der Waals surface area contributed by atoms with Gasteiger partial charge in [-0.25, -0.2) is 9.67 Å². The second-order valence-electron chi connectivity index (χ2n) is 7.34. The molecule has 0 radical (unpaired) electrons. The third-order valence-electron chi connectivity index (χ3n) is 4.52. The van der Waals surface area contributed by atoms with Gasteiger partial charge in [-0.1, -0.05) is 20.8 Å². The van der Waals surface area contributed by atoms with Gasteiger partial charge in [0.15, 0.2) is 5.82 Å². The Hall–Kier alpha value is -3.22. The van der Waals surface area contributed by atoms with Gasteiger partial charge >= 0.3 is 0 Å². The van der Waals surface area contributed by atoms with E-state index in [0.29, 0.717) is 11.5 Å². The van der Waals surface area contributed by atoms with Gasteiger partial charge in [-0.2, -0.15) is 5.10 Å². The van der Waals surface area contributed by atoms with Crippen LogP contribution in [0.15, 0.2) is 47.5 Å². The summed E-state index contributed by atoms with van der Waals surface area (Å²) in [5.74, 6) is 1.39. The minimum Gasteiger partial charge on any atom is -0.497 e. The van der Waals surface area contributed by atoms with E-state index in [1.54, 1.807) is 23.9 Å². The van der Waals surface area contributed by atoms with E-state index < -0.39 is 4.92 Å². The molecule has 2 aromatic carbocycles. The molecule has 140 valence electrons. The van der Waals surface area contributed by atoms with Crippen LogP contribution in [0.4, 0.5) is 11.5 Å². The predicted molar refractivity (Wildman–Crippen MR) is 107 cm³/mol. The highest BCUT2D eigenvalue weighted by atomic mass is 16.6. The normalized spacial score (nSPS) is 12.4. The summed E-state index contributed by atoms with van der Waals surface area (Å²) in [6.07, 6.45) is 0. The van der Waals surface area contributed by atoms with Crippen molar-refractivity contribution in [3.8, 4) is 11.4 Å². The number of hydrogen-bond donors (Lipinski definition) is 0. The lowest BCUT2D eigenvalue weighted by Gasteiger charge is -2.18. The monoisotopic (exact) mass is 366 g/mol. The lowest BCUT2D eigenvalue weighted by molar-refractivity contribution is -0.384. The molecular formula is C20H22N4O3. The van der Waals surface area contributed by atoms with E-state index >= 15 is 0 Å². The fourth-order valence-corrected chi connectivity index (χ4v) is 2.51. The number of nitro groups is 1. The Kier molecular flexibility index (Phi) is 4.70. The number of non-ortho nitro benzene ring substituents is 1. The van der Waals surface area contributed by atoms with Gasteiger partial charge in [-0.05, 0) is 37.3 Å². The highest BCUT2D eigenvalue weighted by molar-refractivity contribution is 5.96. The van der Waals surface area contributed by atoms with Crippen LogP contribution in [0.1, 0.15) is 27.7 Å². The molecule has 1 heterocycles. The standard InChI is InChI=1S/C20H22N4O3/c1-13(20(2,3)4)21-19-17-12-16(27-5)10-11-18(17)22-23(19)14-6-8-15(9-7-14)24(25)26/h6-12H,1-5H3/b21-13+. The highest BCUT2D eigenvalue weighted by Crippen LogP contribution is 2.33. The molecule has 0 saturated heterocycles. The summed E-state index contributed by atoms with van der Waals surface area (Å²) < 4.78 is 7.06. The van der Waals surface area contributed by atoms with E-state index in [1.807, 2.05) is 25.1 Å². The van der Waals surface area contributed by atoms with Gasteiger partial charge in [0, 0.05) is 23.3 Å². The Balaban J connectivity index is 2.25. The summed E-state index contributed by atoms with van der Waals surface area (Å²) in [7, 11) is 1.62. The number of aliphatic imine (C=N–C) groups is 1. The van der Waals surface area contributed by atoms with Crippen molar-refractivity contribution in [1.29, 1.82) is 0 Å². The van der Waals surface area contributed by atoms with E-state index in [1.165, 1.54) is 12.1 Å². The summed E-state index contributed by atoms with van der Waals surface area (Å²) in [6, 6.07) is 11.9. The Morgan fingerprint density at radius 2 is 1.85 bits per heavy atom. The number of hydrogen-bond acceptors (Lipinski definition) is 5. The van der Waals surface area contributed by atoms with Crippen molar-refractivity contribution in [2.24, 2.45) is 10.4 Å². The van der Waals surface area contributed by atoms with Crippen molar-refractivity contribution in [1.82, 2.24) is 9.78 Å². The molecule has 7 nitrogen and oxygen atoms in total. The van der Waals surface area contributed by atoms with Crippen LogP contribution in [0.25, 0.3) is 16.6 Å². The SMILES string of the molecule is COc1ccc2nn(-c3ccc([N+](=O)[O-])cc3)c(/N=C(\C)C(C)(C)C)c2c1. The molecule has 27 heavy (non-hydrogen) atoms. The molecule has 0 N–H and O–H groups in total. The van der Waals surface area contributed by atoms with E-state index in [2.05, 4.69) is 25.9 Å². The van der Waals surface area contributed by atoms with Gasteiger partial charge in [0.25, 0.3) is 5.69 Å². The van der Waals surface area contributed by atoms with E-state index in [0.717, 1.165) is 22.4 Å². The summed E-state index contributed by atoms with van der Waals surface area (Å²) >= 11 is 0. The van der Waals surface area contributed by atoms with Crippen molar-refractivity contribution in [3.05, 3.63) is 52.6 Å². The van der Waals surface area contributed by atoms with Crippen LogP contribution in [0.2, 0.25) is 0 Å². The van der Waals surface area contributed by atoms with Crippen LogP contribution in [0.3, 0.4) is 0 Å². The van der Waals surface area contributed by atoms with Gasteiger partial charge in [-0.3, -0.25) is 10.1 Å². The molecule has 0 aliphatic rings. The van der Waals surface area contributed by atoms with Crippen LogP contribution < -0.4 is 4.74 Å². The maximum atomic E-state index is 10.9. The Bertz CT molecular complexity index is 1030. The number of benzene rings is 2. The van der Waals surface area contributed by atoms with Gasteiger partial charge < -0.3 is 4.74 Å². The van der Waals surface area contributed by atoms with E-state index in [-0.39, 0.29) is 11.1 Å². The van der Waals surface area contributed by atoms with Crippen molar-refractivity contribution in [3.63, 3.8) is 0 Å². The first kappa shape index (κ1) is 18.6. The molecule has 7 heteroatoms. The number of rotatable bonds is 4. The Morgan fingerprint density at radius 3 is 2.41 bits per heavy atom. The highest BCUT2D eigenvalue weighted by Gasteiger charge is 2.19. The number of nitro benzene ring substituents is 1. The molecule has 0 saturated carbocycles. The van der Waals surface area contributed by atoms with Gasteiger partial charge in [0.2, 0.25) is 0 Å². The fourth-order valence-electron chi connectivity index (χ4n) is 2.51. The zero-order valence-electron chi connectivity index (χ0n) is 16.1. The minimum absolute atomic E-state index is 0.0352. The van der Waals surface area contributed by atoms with Crippen LogP contribution >= 0.6 is 0 Å². The second-order valence-corrected chi connectivity index (χ2v) is 7.34. The third kappa shape index (κ3) is 3.67. The van der Waals surface area contributed by atoms with Gasteiger partial charge in [0.05, 0.1) is 28.6 Å². The quantitative estimate of drug-likeness (QED) is 0.366. The van der Waals surface area contributed by atoms with Crippen molar-refractivity contribution < 1.29 is 9.66 Å². The van der Waals surface area contributed by atoms with E-state index in [4.69, 9.17) is 9.73 Å². The second kappa shape index (κ2) is 6.83.